The maximum atomic E-state index is 8.90. The predicted octanol–water partition coefficient (Wildman–Crippen LogP) is 1.80. The van der Waals surface area contributed by atoms with Crippen LogP contribution in [0.2, 0.25) is 0 Å². The topological polar surface area (TPSA) is 44.0 Å². The van der Waals surface area contributed by atoms with E-state index in [-0.39, 0.29) is 6.61 Å². The van der Waals surface area contributed by atoms with Gasteiger partial charge in [-0.1, -0.05) is 19.1 Å². The molecule has 2 heteroatoms. The Morgan fingerprint density at radius 2 is 2.23 bits per heavy atom. The number of benzene rings is 1. The van der Waals surface area contributed by atoms with Gasteiger partial charge in [-0.25, -0.2) is 0 Å². The second-order valence-corrected chi connectivity index (χ2v) is 3.08. The summed E-state index contributed by atoms with van der Waals surface area (Å²) in [6.07, 6.45) is 0. The van der Waals surface area contributed by atoms with Crippen molar-refractivity contribution in [2.75, 3.05) is 6.61 Å². The SMILES string of the molecule is C[C](CO)c1ccc(C#N)c(C)c1. The van der Waals surface area contributed by atoms with E-state index in [4.69, 9.17) is 10.4 Å². The lowest BCUT2D eigenvalue weighted by Crippen LogP contribution is -2.00. The molecule has 13 heavy (non-hydrogen) atoms. The van der Waals surface area contributed by atoms with Crippen molar-refractivity contribution < 1.29 is 5.11 Å². The van der Waals surface area contributed by atoms with Crippen LogP contribution in [-0.2, 0) is 0 Å². The Kier molecular flexibility index (Phi) is 3.05. The van der Waals surface area contributed by atoms with E-state index < -0.39 is 0 Å². The number of aliphatic hydroxyl groups excluding tert-OH is 1. The molecule has 0 spiro atoms. The molecule has 0 saturated heterocycles. The maximum absolute atomic E-state index is 8.90. The van der Waals surface area contributed by atoms with E-state index in [2.05, 4.69) is 6.07 Å². The minimum atomic E-state index is 0.0609. The summed E-state index contributed by atoms with van der Waals surface area (Å²) in [5.74, 6) is 0.924. The van der Waals surface area contributed by atoms with Gasteiger partial charge in [0.25, 0.3) is 0 Å². The number of hydrogen-bond acceptors (Lipinski definition) is 2. The summed E-state index contributed by atoms with van der Waals surface area (Å²) in [5.41, 5.74) is 2.64. The molecule has 0 aliphatic rings. The zero-order chi connectivity index (χ0) is 9.84. The Hall–Kier alpha value is -1.33. The van der Waals surface area contributed by atoms with Crippen LogP contribution in [0.5, 0.6) is 0 Å². The van der Waals surface area contributed by atoms with Crippen molar-refractivity contribution in [1.82, 2.24) is 0 Å². The highest BCUT2D eigenvalue weighted by atomic mass is 16.3. The van der Waals surface area contributed by atoms with E-state index in [1.165, 1.54) is 0 Å². The van der Waals surface area contributed by atoms with Crippen LogP contribution in [0.25, 0.3) is 0 Å². The summed E-state index contributed by atoms with van der Waals surface area (Å²) in [5, 5.41) is 17.6. The van der Waals surface area contributed by atoms with Gasteiger partial charge in [-0.2, -0.15) is 5.26 Å². The van der Waals surface area contributed by atoms with Gasteiger partial charge >= 0.3 is 0 Å². The average molecular weight is 174 g/mol. The van der Waals surface area contributed by atoms with Crippen molar-refractivity contribution in [3.63, 3.8) is 0 Å². The van der Waals surface area contributed by atoms with Crippen LogP contribution >= 0.6 is 0 Å². The molecule has 2 nitrogen and oxygen atoms in total. The molecular weight excluding hydrogens is 162 g/mol. The summed E-state index contributed by atoms with van der Waals surface area (Å²) < 4.78 is 0. The molecule has 0 atom stereocenters. The standard InChI is InChI=1S/C11H12NO/c1-8-5-10(9(2)7-13)3-4-11(8)6-12/h3-5,13H,7H2,1-2H3. The number of rotatable bonds is 2. The lowest BCUT2D eigenvalue weighted by Gasteiger charge is -2.08. The number of nitrogens with zero attached hydrogens (tertiary/aromatic N) is 1. The predicted molar refractivity (Wildman–Crippen MR) is 51.0 cm³/mol. The molecule has 0 aromatic heterocycles. The maximum Gasteiger partial charge on any atom is 0.0994 e. The molecule has 0 aliphatic carbocycles. The highest BCUT2D eigenvalue weighted by Crippen LogP contribution is 2.17. The Balaban J connectivity index is 3.04. The molecule has 0 unspecified atom stereocenters. The first kappa shape index (κ1) is 9.76. The van der Waals surface area contributed by atoms with Gasteiger partial charge in [-0.3, -0.25) is 0 Å². The van der Waals surface area contributed by atoms with Crippen LogP contribution in [-0.4, -0.2) is 11.7 Å². The molecule has 1 aromatic carbocycles. The van der Waals surface area contributed by atoms with Crippen LogP contribution in [0.15, 0.2) is 18.2 Å². The summed E-state index contributed by atoms with van der Waals surface area (Å²) in [7, 11) is 0. The largest absolute Gasteiger partial charge is 0.395 e. The first-order valence-electron chi connectivity index (χ1n) is 4.13. The summed E-state index contributed by atoms with van der Waals surface area (Å²) in [4.78, 5) is 0. The van der Waals surface area contributed by atoms with E-state index in [0.717, 1.165) is 17.0 Å². The minimum Gasteiger partial charge on any atom is -0.395 e. The van der Waals surface area contributed by atoms with Gasteiger partial charge in [0.2, 0.25) is 0 Å². The van der Waals surface area contributed by atoms with Gasteiger partial charge in [0.05, 0.1) is 18.2 Å². The van der Waals surface area contributed by atoms with Gasteiger partial charge in [0.15, 0.2) is 0 Å². The number of aryl methyl sites for hydroxylation is 1. The molecule has 0 bridgehead atoms. The number of aliphatic hydroxyl groups is 1. The molecule has 1 N–H and O–H groups in total. The highest BCUT2D eigenvalue weighted by Gasteiger charge is 2.06. The number of nitriles is 1. The van der Waals surface area contributed by atoms with Crippen molar-refractivity contribution in [2.45, 2.75) is 13.8 Å². The van der Waals surface area contributed by atoms with Crippen LogP contribution in [0.1, 0.15) is 23.6 Å². The first-order valence-corrected chi connectivity index (χ1v) is 4.13. The van der Waals surface area contributed by atoms with E-state index >= 15 is 0 Å². The first-order chi connectivity index (χ1) is 6.19. The molecule has 0 aliphatic heterocycles. The number of hydrogen-bond donors (Lipinski definition) is 1. The fourth-order valence-electron chi connectivity index (χ4n) is 1.15. The van der Waals surface area contributed by atoms with Gasteiger partial charge in [-0.05, 0) is 24.1 Å². The van der Waals surface area contributed by atoms with Gasteiger partial charge in [-0.15, -0.1) is 0 Å². The smallest absolute Gasteiger partial charge is 0.0994 e. The lowest BCUT2D eigenvalue weighted by molar-refractivity contribution is 0.315. The van der Waals surface area contributed by atoms with E-state index in [9.17, 15) is 0 Å². The van der Waals surface area contributed by atoms with Crippen LogP contribution in [0.3, 0.4) is 0 Å². The molecule has 67 valence electrons. The molecule has 1 aromatic rings. The molecule has 1 rings (SSSR count). The third kappa shape index (κ3) is 2.07. The Labute approximate surface area is 78.4 Å². The van der Waals surface area contributed by atoms with E-state index in [0.29, 0.717) is 5.56 Å². The van der Waals surface area contributed by atoms with Crippen LogP contribution in [0.4, 0.5) is 0 Å². The third-order valence-corrected chi connectivity index (χ3v) is 2.08. The second kappa shape index (κ2) is 4.06. The Morgan fingerprint density at radius 1 is 1.54 bits per heavy atom. The molecular formula is C11H12NO. The fourth-order valence-corrected chi connectivity index (χ4v) is 1.15. The van der Waals surface area contributed by atoms with Gasteiger partial charge in [0.1, 0.15) is 0 Å². The quantitative estimate of drug-likeness (QED) is 0.743. The van der Waals surface area contributed by atoms with Crippen molar-refractivity contribution >= 4 is 0 Å². The normalized spacial score (nSPS) is 10.1. The van der Waals surface area contributed by atoms with Crippen molar-refractivity contribution in [3.05, 3.63) is 40.8 Å². The molecule has 1 radical (unpaired) electrons. The third-order valence-electron chi connectivity index (χ3n) is 2.08. The minimum absolute atomic E-state index is 0.0609. The van der Waals surface area contributed by atoms with Crippen molar-refractivity contribution in [2.24, 2.45) is 0 Å². The second-order valence-electron chi connectivity index (χ2n) is 3.08. The molecule has 0 heterocycles. The summed E-state index contributed by atoms with van der Waals surface area (Å²) in [6, 6.07) is 7.67. The van der Waals surface area contributed by atoms with Crippen molar-refractivity contribution in [3.8, 4) is 6.07 Å². The van der Waals surface area contributed by atoms with Crippen molar-refractivity contribution in [1.29, 1.82) is 5.26 Å². The van der Waals surface area contributed by atoms with Gasteiger partial charge in [0, 0.05) is 5.92 Å². The monoisotopic (exact) mass is 174 g/mol. The molecule has 0 fully saturated rings. The highest BCUT2D eigenvalue weighted by molar-refractivity contribution is 5.43. The van der Waals surface area contributed by atoms with Crippen LogP contribution in [0, 0.1) is 24.2 Å². The zero-order valence-corrected chi connectivity index (χ0v) is 7.83. The summed E-state index contributed by atoms with van der Waals surface area (Å²) in [6.45, 7) is 3.83. The Morgan fingerprint density at radius 3 is 2.69 bits per heavy atom. The lowest BCUT2D eigenvalue weighted by atomic mass is 9.98. The fraction of sp³-hybridized carbons (Fsp3) is 0.273. The average Bonchev–Trinajstić information content (AvgIpc) is 2.16. The Bertz CT molecular complexity index is 338. The van der Waals surface area contributed by atoms with Crippen LogP contribution < -0.4 is 0 Å². The summed E-state index contributed by atoms with van der Waals surface area (Å²) >= 11 is 0. The van der Waals surface area contributed by atoms with E-state index in [1.54, 1.807) is 6.07 Å². The zero-order valence-electron chi connectivity index (χ0n) is 7.83. The van der Waals surface area contributed by atoms with Gasteiger partial charge < -0.3 is 5.11 Å². The van der Waals surface area contributed by atoms with E-state index in [1.807, 2.05) is 26.0 Å². The molecule has 0 saturated carbocycles. The molecule has 0 amide bonds.